The van der Waals surface area contributed by atoms with Crippen LogP contribution in [0.2, 0.25) is 0 Å². The van der Waals surface area contributed by atoms with Gasteiger partial charge in [-0.2, -0.15) is 0 Å². The van der Waals surface area contributed by atoms with Crippen molar-refractivity contribution in [1.29, 1.82) is 0 Å². The van der Waals surface area contributed by atoms with Crippen molar-refractivity contribution >= 4 is 0 Å². The van der Waals surface area contributed by atoms with Gasteiger partial charge in [0.05, 0.1) is 0 Å². The van der Waals surface area contributed by atoms with Crippen LogP contribution in [0.3, 0.4) is 0 Å². The number of nitrogens with zero attached hydrogens (tertiary/aromatic N) is 1. The van der Waals surface area contributed by atoms with E-state index < -0.39 is 0 Å². The molecule has 2 nitrogen and oxygen atoms in total. The second-order valence-electron chi connectivity index (χ2n) is 4.78. The Morgan fingerprint density at radius 2 is 2.15 bits per heavy atom. The molecule has 76 valence electrons. The molecule has 0 saturated carbocycles. The van der Waals surface area contributed by atoms with Crippen molar-refractivity contribution in [3.05, 3.63) is 12.3 Å². The van der Waals surface area contributed by atoms with Crippen molar-refractivity contribution < 1.29 is 0 Å². The maximum Gasteiger partial charge on any atom is 0.0481 e. The Kier molecular flexibility index (Phi) is 3.01. The van der Waals surface area contributed by atoms with Gasteiger partial charge in [0.25, 0.3) is 0 Å². The molecule has 1 unspecified atom stereocenters. The molecule has 0 amide bonds. The van der Waals surface area contributed by atoms with E-state index in [2.05, 4.69) is 37.6 Å². The van der Waals surface area contributed by atoms with Crippen LogP contribution in [0.15, 0.2) is 12.3 Å². The summed E-state index contributed by atoms with van der Waals surface area (Å²) in [5.74, 6) is 0. The van der Waals surface area contributed by atoms with E-state index >= 15 is 0 Å². The highest BCUT2D eigenvalue weighted by Crippen LogP contribution is 2.23. The summed E-state index contributed by atoms with van der Waals surface area (Å²) in [7, 11) is 0. The predicted octanol–water partition coefficient (Wildman–Crippen LogP) is 1.98. The van der Waals surface area contributed by atoms with Crippen LogP contribution in [0.5, 0.6) is 0 Å². The van der Waals surface area contributed by atoms with Gasteiger partial charge in [-0.05, 0) is 34.1 Å². The minimum atomic E-state index is 0.246. The molecule has 0 bridgehead atoms. The third kappa shape index (κ3) is 2.73. The molecule has 1 aliphatic rings. The molecule has 1 saturated heterocycles. The second-order valence-corrected chi connectivity index (χ2v) is 4.78. The largest absolute Gasteiger partial charge is 0.383 e. The summed E-state index contributed by atoms with van der Waals surface area (Å²) >= 11 is 0. The molecule has 0 aliphatic carbocycles. The van der Waals surface area contributed by atoms with Crippen LogP contribution < -0.4 is 5.32 Å². The fourth-order valence-corrected chi connectivity index (χ4v) is 2.05. The van der Waals surface area contributed by atoms with Gasteiger partial charge >= 0.3 is 0 Å². The molecule has 13 heavy (non-hydrogen) atoms. The molecule has 1 atom stereocenters. The predicted molar refractivity (Wildman–Crippen MR) is 57.7 cm³/mol. The monoisotopic (exact) mass is 182 g/mol. The molecule has 0 aromatic rings. The van der Waals surface area contributed by atoms with Crippen molar-refractivity contribution in [3.63, 3.8) is 0 Å². The first-order chi connectivity index (χ1) is 5.93. The summed E-state index contributed by atoms with van der Waals surface area (Å²) in [6, 6.07) is 0.661. The van der Waals surface area contributed by atoms with Crippen molar-refractivity contribution in [2.24, 2.45) is 0 Å². The Balaban J connectivity index is 2.51. The Labute approximate surface area is 82.0 Å². The lowest BCUT2D eigenvalue weighted by Crippen LogP contribution is -2.44. The Hall–Kier alpha value is -0.500. The minimum Gasteiger partial charge on any atom is -0.383 e. The maximum absolute atomic E-state index is 3.90. The number of rotatable bonds is 3. The van der Waals surface area contributed by atoms with E-state index in [1.807, 2.05) is 6.92 Å². The van der Waals surface area contributed by atoms with Gasteiger partial charge in [0.2, 0.25) is 0 Å². The van der Waals surface area contributed by atoms with E-state index in [1.165, 1.54) is 13.0 Å². The Bertz CT molecular complexity index is 198. The molecule has 1 aliphatic heterocycles. The third-order valence-electron chi connectivity index (χ3n) is 2.75. The molecule has 2 heteroatoms. The molecule has 0 spiro atoms. The maximum atomic E-state index is 3.90. The van der Waals surface area contributed by atoms with Crippen LogP contribution in [0, 0.1) is 0 Å². The highest BCUT2D eigenvalue weighted by molar-refractivity contribution is 5.01. The molecule has 0 aromatic heterocycles. The van der Waals surface area contributed by atoms with Crippen molar-refractivity contribution in [1.82, 2.24) is 10.2 Å². The van der Waals surface area contributed by atoms with Gasteiger partial charge in [-0.1, -0.05) is 6.58 Å². The van der Waals surface area contributed by atoms with Crippen molar-refractivity contribution in [3.8, 4) is 0 Å². The average Bonchev–Trinajstić information content (AvgIpc) is 2.29. The number of likely N-dealkylation sites (tertiary alicyclic amines) is 1. The molecular formula is C11H22N2. The first-order valence-electron chi connectivity index (χ1n) is 5.11. The van der Waals surface area contributed by atoms with Crippen LogP contribution >= 0.6 is 0 Å². The molecule has 1 fully saturated rings. The number of hydrogen-bond donors (Lipinski definition) is 1. The van der Waals surface area contributed by atoms with Crippen molar-refractivity contribution in [2.45, 2.75) is 45.7 Å². The lowest BCUT2D eigenvalue weighted by Gasteiger charge is -2.28. The van der Waals surface area contributed by atoms with E-state index in [9.17, 15) is 0 Å². The Morgan fingerprint density at radius 3 is 2.54 bits per heavy atom. The first kappa shape index (κ1) is 10.6. The zero-order chi connectivity index (χ0) is 10.1. The average molecular weight is 182 g/mol. The van der Waals surface area contributed by atoms with Gasteiger partial charge in [-0.3, -0.25) is 4.90 Å². The molecule has 1 heterocycles. The summed E-state index contributed by atoms with van der Waals surface area (Å²) in [6.45, 7) is 15.1. The van der Waals surface area contributed by atoms with Crippen LogP contribution in [0.4, 0.5) is 0 Å². The lowest BCUT2D eigenvalue weighted by atomic mass is 10.0. The third-order valence-corrected chi connectivity index (χ3v) is 2.75. The number of hydrogen-bond acceptors (Lipinski definition) is 2. The fourth-order valence-electron chi connectivity index (χ4n) is 2.05. The van der Waals surface area contributed by atoms with Gasteiger partial charge in [-0.25, -0.2) is 0 Å². The standard InChI is InChI=1S/C11H22N2/c1-9(2)12-11(5)6-7-13(8-11)10(3)4/h10,12H,1,6-8H2,2-5H3. The summed E-state index contributed by atoms with van der Waals surface area (Å²) in [5.41, 5.74) is 1.32. The zero-order valence-electron chi connectivity index (χ0n) is 9.35. The number of nitrogens with one attached hydrogen (secondary N) is 1. The Morgan fingerprint density at radius 1 is 1.54 bits per heavy atom. The second kappa shape index (κ2) is 3.70. The molecular weight excluding hydrogens is 160 g/mol. The van der Waals surface area contributed by atoms with E-state index in [0.29, 0.717) is 6.04 Å². The molecule has 0 radical (unpaired) electrons. The van der Waals surface area contributed by atoms with Gasteiger partial charge in [0.15, 0.2) is 0 Å². The smallest absolute Gasteiger partial charge is 0.0481 e. The minimum absolute atomic E-state index is 0.246. The van der Waals surface area contributed by atoms with E-state index in [1.54, 1.807) is 0 Å². The van der Waals surface area contributed by atoms with Crippen LogP contribution in [-0.4, -0.2) is 29.6 Å². The molecule has 1 rings (SSSR count). The SMILES string of the molecule is C=C(C)NC1(C)CCN(C(C)C)C1. The van der Waals surface area contributed by atoms with Crippen LogP contribution in [0.25, 0.3) is 0 Å². The molecule has 0 aromatic carbocycles. The lowest BCUT2D eigenvalue weighted by molar-refractivity contribution is 0.252. The van der Waals surface area contributed by atoms with E-state index in [0.717, 1.165) is 12.2 Å². The summed E-state index contributed by atoms with van der Waals surface area (Å²) < 4.78 is 0. The van der Waals surface area contributed by atoms with Gasteiger partial charge in [0, 0.05) is 30.4 Å². The van der Waals surface area contributed by atoms with Crippen LogP contribution in [0.1, 0.15) is 34.1 Å². The highest BCUT2D eigenvalue weighted by atomic mass is 15.2. The normalized spacial score (nSPS) is 29.6. The fraction of sp³-hybridized carbons (Fsp3) is 0.818. The van der Waals surface area contributed by atoms with E-state index in [-0.39, 0.29) is 5.54 Å². The van der Waals surface area contributed by atoms with Gasteiger partial charge in [0.1, 0.15) is 0 Å². The zero-order valence-corrected chi connectivity index (χ0v) is 9.35. The summed E-state index contributed by atoms with van der Waals surface area (Å²) in [6.07, 6.45) is 1.22. The summed E-state index contributed by atoms with van der Waals surface area (Å²) in [4.78, 5) is 2.51. The molecule has 1 N–H and O–H groups in total. The van der Waals surface area contributed by atoms with Crippen molar-refractivity contribution in [2.75, 3.05) is 13.1 Å². The quantitative estimate of drug-likeness (QED) is 0.718. The topological polar surface area (TPSA) is 15.3 Å². The van der Waals surface area contributed by atoms with Gasteiger partial charge in [-0.15, -0.1) is 0 Å². The summed E-state index contributed by atoms with van der Waals surface area (Å²) in [5, 5.41) is 3.47. The number of allylic oxidation sites excluding steroid dienone is 1. The highest BCUT2D eigenvalue weighted by Gasteiger charge is 2.34. The van der Waals surface area contributed by atoms with Gasteiger partial charge < -0.3 is 5.32 Å². The van der Waals surface area contributed by atoms with Crippen LogP contribution in [-0.2, 0) is 0 Å². The van der Waals surface area contributed by atoms with E-state index in [4.69, 9.17) is 0 Å². The first-order valence-corrected chi connectivity index (χ1v) is 5.11.